The molecule has 1 unspecified atom stereocenters. The number of rotatable bonds is 5. The van der Waals surface area contributed by atoms with E-state index in [4.69, 9.17) is 9.15 Å². The molecule has 0 fully saturated rings. The molecule has 4 heterocycles. The zero-order valence-electron chi connectivity index (χ0n) is 16.9. The summed E-state index contributed by atoms with van der Waals surface area (Å²) in [6.45, 7) is 4.32. The van der Waals surface area contributed by atoms with Gasteiger partial charge in [-0.1, -0.05) is 18.3 Å². The minimum Gasteiger partial charge on any atom is -0.494 e. The van der Waals surface area contributed by atoms with Crippen LogP contribution >= 0.6 is 11.3 Å². The van der Waals surface area contributed by atoms with E-state index in [-0.39, 0.29) is 11.2 Å². The van der Waals surface area contributed by atoms with Gasteiger partial charge in [-0.3, -0.25) is 19.5 Å². The van der Waals surface area contributed by atoms with Crippen molar-refractivity contribution in [3.8, 4) is 5.75 Å². The van der Waals surface area contributed by atoms with Crippen LogP contribution in [0.1, 0.15) is 46.6 Å². The summed E-state index contributed by atoms with van der Waals surface area (Å²) in [6.07, 6.45) is 3.96. The van der Waals surface area contributed by atoms with Crippen molar-refractivity contribution < 1.29 is 13.9 Å². The van der Waals surface area contributed by atoms with Crippen molar-refractivity contribution in [1.29, 1.82) is 0 Å². The summed E-state index contributed by atoms with van der Waals surface area (Å²) in [4.78, 5) is 32.6. The number of carbonyl (C=O) groups excluding carboxylic acids is 1. The highest BCUT2D eigenvalue weighted by Gasteiger charge is 2.45. The van der Waals surface area contributed by atoms with E-state index in [2.05, 4.69) is 15.2 Å². The Morgan fingerprint density at radius 1 is 1.13 bits per heavy atom. The Labute approximate surface area is 181 Å². The van der Waals surface area contributed by atoms with Crippen molar-refractivity contribution in [2.45, 2.75) is 26.3 Å². The molecule has 1 aliphatic rings. The van der Waals surface area contributed by atoms with Gasteiger partial charge in [0.1, 0.15) is 16.3 Å². The predicted molar refractivity (Wildman–Crippen MR) is 116 cm³/mol. The zero-order chi connectivity index (χ0) is 21.5. The number of nitrogens with zero attached hydrogens (tertiary/aromatic N) is 4. The highest BCUT2D eigenvalue weighted by Crippen LogP contribution is 2.42. The molecule has 1 atom stereocenters. The van der Waals surface area contributed by atoms with Crippen molar-refractivity contribution >= 4 is 33.3 Å². The fourth-order valence-electron chi connectivity index (χ4n) is 3.75. The Morgan fingerprint density at radius 3 is 2.65 bits per heavy atom. The second-order valence-corrected chi connectivity index (χ2v) is 8.00. The second kappa shape index (κ2) is 7.59. The van der Waals surface area contributed by atoms with E-state index < -0.39 is 11.9 Å². The van der Waals surface area contributed by atoms with Crippen LogP contribution in [0.25, 0.3) is 11.0 Å². The molecule has 1 aliphatic heterocycles. The molecule has 156 valence electrons. The van der Waals surface area contributed by atoms with Gasteiger partial charge in [0.05, 0.1) is 23.6 Å². The average Bonchev–Trinajstić information content (AvgIpc) is 3.37. The number of anilines is 1. The molecule has 0 spiro atoms. The van der Waals surface area contributed by atoms with E-state index in [0.29, 0.717) is 40.4 Å². The number of ether oxygens (including phenoxy) is 1. The minimum atomic E-state index is -0.671. The van der Waals surface area contributed by atoms with Gasteiger partial charge in [-0.25, -0.2) is 0 Å². The van der Waals surface area contributed by atoms with Gasteiger partial charge in [0.15, 0.2) is 5.43 Å². The molecular weight excluding hydrogens is 416 g/mol. The maximum absolute atomic E-state index is 13.5. The van der Waals surface area contributed by atoms with Gasteiger partial charge in [0.25, 0.3) is 5.91 Å². The van der Waals surface area contributed by atoms with Crippen molar-refractivity contribution in [2.24, 2.45) is 0 Å². The third-order valence-electron chi connectivity index (χ3n) is 5.14. The summed E-state index contributed by atoms with van der Waals surface area (Å²) >= 11 is 1.33. The first-order chi connectivity index (χ1) is 15.1. The molecule has 5 rings (SSSR count). The van der Waals surface area contributed by atoms with Crippen LogP contribution in [-0.4, -0.2) is 27.7 Å². The molecule has 1 aromatic carbocycles. The normalized spacial score (nSPS) is 15.5. The summed E-state index contributed by atoms with van der Waals surface area (Å²) in [7, 11) is 0. The zero-order valence-corrected chi connectivity index (χ0v) is 17.7. The van der Waals surface area contributed by atoms with E-state index in [0.717, 1.165) is 10.6 Å². The van der Waals surface area contributed by atoms with Crippen molar-refractivity contribution in [3.63, 3.8) is 0 Å². The van der Waals surface area contributed by atoms with E-state index in [1.165, 1.54) is 16.2 Å². The van der Waals surface area contributed by atoms with Gasteiger partial charge in [0.2, 0.25) is 10.9 Å². The number of hydrogen-bond acceptors (Lipinski definition) is 8. The van der Waals surface area contributed by atoms with Crippen LogP contribution in [0.2, 0.25) is 0 Å². The van der Waals surface area contributed by atoms with Gasteiger partial charge in [-0.2, -0.15) is 0 Å². The molecule has 0 saturated heterocycles. The number of benzene rings is 1. The summed E-state index contributed by atoms with van der Waals surface area (Å²) in [5.74, 6) is 0.167. The van der Waals surface area contributed by atoms with Gasteiger partial charge < -0.3 is 9.15 Å². The van der Waals surface area contributed by atoms with Crippen LogP contribution in [0.15, 0.2) is 51.9 Å². The number of amides is 1. The topological polar surface area (TPSA) is 98.4 Å². The van der Waals surface area contributed by atoms with Crippen LogP contribution in [0, 0.1) is 0 Å². The summed E-state index contributed by atoms with van der Waals surface area (Å²) in [5, 5.41) is 9.98. The lowest BCUT2D eigenvalue weighted by Gasteiger charge is -2.21. The van der Waals surface area contributed by atoms with Crippen LogP contribution in [0.3, 0.4) is 0 Å². The molecule has 31 heavy (non-hydrogen) atoms. The third kappa shape index (κ3) is 3.09. The Kier molecular flexibility index (Phi) is 4.74. The molecule has 9 heteroatoms. The molecule has 1 amide bonds. The lowest BCUT2D eigenvalue weighted by Crippen LogP contribution is -2.29. The number of pyridine rings is 1. The Balaban J connectivity index is 1.76. The van der Waals surface area contributed by atoms with Gasteiger partial charge in [-0.15, -0.1) is 10.2 Å². The number of carbonyl (C=O) groups is 1. The first-order valence-electron chi connectivity index (χ1n) is 9.91. The molecular formula is C22H18N4O4S. The second-order valence-electron chi connectivity index (χ2n) is 6.96. The van der Waals surface area contributed by atoms with E-state index in [1.807, 2.05) is 13.8 Å². The monoisotopic (exact) mass is 434 g/mol. The standard InChI is InChI=1S/C22H18N4O4S/c1-3-16-24-25-22(31-16)26-18(12-7-9-23-10-8-12)17-19(27)14-6-5-13(29-4-2)11-15(14)30-20(17)21(26)28/h5-11,18H,3-4H2,1-2H3. The van der Waals surface area contributed by atoms with Crippen LogP contribution in [0.4, 0.5) is 5.13 Å². The first-order valence-corrected chi connectivity index (χ1v) is 10.7. The fraction of sp³-hybridized carbons (Fsp3) is 0.227. The molecule has 8 nitrogen and oxygen atoms in total. The lowest BCUT2D eigenvalue weighted by atomic mass is 9.99. The Bertz CT molecular complexity index is 1350. The van der Waals surface area contributed by atoms with Gasteiger partial charge >= 0.3 is 0 Å². The lowest BCUT2D eigenvalue weighted by molar-refractivity contribution is 0.0970. The molecule has 0 bridgehead atoms. The third-order valence-corrected chi connectivity index (χ3v) is 6.21. The van der Waals surface area contributed by atoms with Crippen LogP contribution in [0.5, 0.6) is 5.75 Å². The largest absolute Gasteiger partial charge is 0.494 e. The molecule has 4 aromatic rings. The quantitative estimate of drug-likeness (QED) is 0.472. The molecule has 0 N–H and O–H groups in total. The SMILES string of the molecule is CCOc1ccc2c(=O)c3c(oc2c1)C(=O)N(c1nnc(CC)s1)C3c1ccncc1. The average molecular weight is 434 g/mol. The maximum Gasteiger partial charge on any atom is 0.297 e. The summed E-state index contributed by atoms with van der Waals surface area (Å²) in [5.41, 5.74) is 1.09. The van der Waals surface area contributed by atoms with E-state index in [1.54, 1.807) is 42.7 Å². The fourth-order valence-corrected chi connectivity index (χ4v) is 4.56. The molecule has 3 aromatic heterocycles. The van der Waals surface area contributed by atoms with Crippen LogP contribution in [-0.2, 0) is 6.42 Å². The van der Waals surface area contributed by atoms with Crippen LogP contribution < -0.4 is 15.1 Å². The number of fused-ring (bicyclic) bond motifs is 2. The minimum absolute atomic E-state index is 0.0150. The first kappa shape index (κ1) is 19.4. The number of aromatic nitrogens is 3. The van der Waals surface area contributed by atoms with Crippen molar-refractivity contribution in [1.82, 2.24) is 15.2 Å². The van der Waals surface area contributed by atoms with Gasteiger partial charge in [-0.05, 0) is 43.2 Å². The summed E-state index contributed by atoms with van der Waals surface area (Å²) < 4.78 is 11.5. The number of hydrogen-bond donors (Lipinski definition) is 0. The Hall–Kier alpha value is -3.59. The Morgan fingerprint density at radius 2 is 1.94 bits per heavy atom. The predicted octanol–water partition coefficient (Wildman–Crippen LogP) is 3.75. The molecule has 0 radical (unpaired) electrons. The van der Waals surface area contributed by atoms with Gasteiger partial charge in [0, 0.05) is 18.5 Å². The molecule has 0 aliphatic carbocycles. The smallest absolute Gasteiger partial charge is 0.297 e. The van der Waals surface area contributed by atoms with E-state index in [9.17, 15) is 9.59 Å². The van der Waals surface area contributed by atoms with E-state index >= 15 is 0 Å². The highest BCUT2D eigenvalue weighted by molar-refractivity contribution is 7.15. The summed E-state index contributed by atoms with van der Waals surface area (Å²) in [6, 6.07) is 7.92. The maximum atomic E-state index is 13.5. The van der Waals surface area contributed by atoms with Crippen molar-refractivity contribution in [3.05, 3.63) is 74.8 Å². The number of aryl methyl sites for hydroxylation is 1. The van der Waals surface area contributed by atoms with Crippen molar-refractivity contribution in [2.75, 3.05) is 11.5 Å². The highest BCUT2D eigenvalue weighted by atomic mass is 32.1. The molecule has 0 saturated carbocycles.